The molecule has 0 bridgehead atoms. The maximum Gasteiger partial charge on any atom is 0.416 e. The van der Waals surface area contributed by atoms with E-state index >= 15 is 0 Å². The van der Waals surface area contributed by atoms with Crippen LogP contribution in [-0.2, 0) is 11.0 Å². The largest absolute Gasteiger partial charge is 0.416 e. The third-order valence-corrected chi connectivity index (χ3v) is 7.20. The molecule has 2 aliphatic rings. The third-order valence-electron chi connectivity index (χ3n) is 7.20. The highest BCUT2D eigenvalue weighted by Crippen LogP contribution is 2.43. The first-order valence-corrected chi connectivity index (χ1v) is 12.8. The number of aromatic nitrogens is 2. The van der Waals surface area contributed by atoms with E-state index in [2.05, 4.69) is 27.1 Å². The fraction of sp³-hybridized carbons (Fsp3) is 0.593. The van der Waals surface area contributed by atoms with Crippen molar-refractivity contribution in [2.75, 3.05) is 37.6 Å². The number of anilines is 1. The molecule has 1 aliphatic carbocycles. The van der Waals surface area contributed by atoms with Crippen LogP contribution in [0.1, 0.15) is 80.9 Å². The number of benzene rings is 1. The predicted molar refractivity (Wildman–Crippen MR) is 135 cm³/mol. The zero-order valence-electron chi connectivity index (χ0n) is 21.8. The van der Waals surface area contributed by atoms with Gasteiger partial charge in [0, 0.05) is 37.3 Å². The molecule has 2 heterocycles. The van der Waals surface area contributed by atoms with Gasteiger partial charge in [0.1, 0.15) is 12.1 Å². The van der Waals surface area contributed by atoms with Gasteiger partial charge in [0.05, 0.1) is 23.3 Å². The van der Waals surface area contributed by atoms with Gasteiger partial charge in [0.2, 0.25) is 5.91 Å². The molecule has 10 heteroatoms. The number of carbonyl (C=O) groups is 1. The zero-order valence-corrected chi connectivity index (χ0v) is 21.8. The summed E-state index contributed by atoms with van der Waals surface area (Å²) in [6.07, 6.45) is -2.42. The standard InChI is InChI=1S/C27H36F3N5O2/c1-17-15-21(36)23-22(17)24(32-16-31-23)34-11-13-35(14-12-34)25(37)20(9-10-33-26(2,3)4)18-5-7-19(8-6-18)27(28,29)30/h5-8,16-17,20-21,33,36H,9-15H2,1-4H3/t17-,20-,21-/m1/s1. The van der Waals surface area contributed by atoms with Gasteiger partial charge < -0.3 is 20.2 Å². The lowest BCUT2D eigenvalue weighted by atomic mass is 9.92. The molecule has 1 aliphatic heterocycles. The maximum absolute atomic E-state index is 13.7. The van der Waals surface area contributed by atoms with Crippen molar-refractivity contribution < 1.29 is 23.1 Å². The number of nitrogens with zero attached hydrogens (tertiary/aromatic N) is 4. The number of aliphatic hydroxyl groups is 1. The van der Waals surface area contributed by atoms with Crippen molar-refractivity contribution in [1.29, 1.82) is 0 Å². The molecule has 1 amide bonds. The summed E-state index contributed by atoms with van der Waals surface area (Å²) in [5.41, 5.74) is 1.39. The van der Waals surface area contributed by atoms with E-state index < -0.39 is 23.8 Å². The third kappa shape index (κ3) is 6.23. The lowest BCUT2D eigenvalue weighted by Crippen LogP contribution is -2.51. The number of hydrogen-bond acceptors (Lipinski definition) is 6. The zero-order chi connectivity index (χ0) is 27.0. The molecule has 1 aromatic heterocycles. The Morgan fingerprint density at radius 3 is 2.35 bits per heavy atom. The van der Waals surface area contributed by atoms with E-state index in [1.807, 2.05) is 20.8 Å². The van der Waals surface area contributed by atoms with E-state index in [1.165, 1.54) is 18.5 Å². The Labute approximate surface area is 216 Å². The second-order valence-electron chi connectivity index (χ2n) is 11.1. The lowest BCUT2D eigenvalue weighted by molar-refractivity contribution is -0.137. The summed E-state index contributed by atoms with van der Waals surface area (Å²) in [5.74, 6) is 0.351. The number of hydrogen-bond donors (Lipinski definition) is 2. The van der Waals surface area contributed by atoms with Crippen LogP contribution >= 0.6 is 0 Å². The normalized spacial score (nSPS) is 21.2. The van der Waals surface area contributed by atoms with Crippen LogP contribution in [0.2, 0.25) is 0 Å². The highest BCUT2D eigenvalue weighted by atomic mass is 19.4. The number of carbonyl (C=O) groups excluding carboxylic acids is 1. The fourth-order valence-corrected chi connectivity index (χ4v) is 5.24. The van der Waals surface area contributed by atoms with Crippen LogP contribution in [0.4, 0.5) is 19.0 Å². The van der Waals surface area contributed by atoms with Gasteiger partial charge in [-0.05, 0) is 63.8 Å². The SMILES string of the molecule is C[C@@H]1C[C@@H](O)c2ncnc(N3CCN(C(=O)[C@H](CCNC(C)(C)C)c4ccc(C(F)(F)F)cc4)CC3)c21. The second-order valence-corrected chi connectivity index (χ2v) is 11.1. The number of aliphatic hydroxyl groups excluding tert-OH is 1. The molecule has 7 nitrogen and oxygen atoms in total. The monoisotopic (exact) mass is 519 g/mol. The van der Waals surface area contributed by atoms with Gasteiger partial charge in [0.25, 0.3) is 0 Å². The smallest absolute Gasteiger partial charge is 0.387 e. The summed E-state index contributed by atoms with van der Waals surface area (Å²) in [6, 6.07) is 4.96. The Kier molecular flexibility index (Phi) is 7.80. The molecule has 1 aromatic carbocycles. The first kappa shape index (κ1) is 27.3. The number of halogens is 3. The van der Waals surface area contributed by atoms with Gasteiger partial charge in [-0.25, -0.2) is 9.97 Å². The first-order chi connectivity index (χ1) is 17.3. The van der Waals surface area contributed by atoms with Gasteiger partial charge >= 0.3 is 6.18 Å². The number of amides is 1. The van der Waals surface area contributed by atoms with E-state index in [0.29, 0.717) is 56.8 Å². The summed E-state index contributed by atoms with van der Waals surface area (Å²) < 4.78 is 39.3. The topological polar surface area (TPSA) is 81.6 Å². The first-order valence-electron chi connectivity index (χ1n) is 12.8. The fourth-order valence-electron chi connectivity index (χ4n) is 5.24. The summed E-state index contributed by atoms with van der Waals surface area (Å²) in [5, 5.41) is 13.7. The van der Waals surface area contributed by atoms with Crippen molar-refractivity contribution >= 4 is 11.7 Å². The van der Waals surface area contributed by atoms with E-state index in [-0.39, 0.29) is 17.4 Å². The maximum atomic E-state index is 13.7. The van der Waals surface area contributed by atoms with E-state index in [0.717, 1.165) is 23.5 Å². The van der Waals surface area contributed by atoms with Gasteiger partial charge in [-0.1, -0.05) is 19.1 Å². The summed E-state index contributed by atoms with van der Waals surface area (Å²) in [4.78, 5) is 26.4. The molecular formula is C27H36F3N5O2. The van der Waals surface area contributed by atoms with Crippen molar-refractivity contribution in [2.24, 2.45) is 0 Å². The van der Waals surface area contributed by atoms with Crippen LogP contribution < -0.4 is 10.2 Å². The molecule has 0 unspecified atom stereocenters. The van der Waals surface area contributed by atoms with Crippen LogP contribution in [-0.4, -0.2) is 64.1 Å². The average molecular weight is 520 g/mol. The van der Waals surface area contributed by atoms with Crippen molar-refractivity contribution in [2.45, 2.75) is 70.2 Å². The number of piperazine rings is 1. The van der Waals surface area contributed by atoms with Crippen LogP contribution in [0.3, 0.4) is 0 Å². The molecular weight excluding hydrogens is 483 g/mol. The van der Waals surface area contributed by atoms with Gasteiger partial charge in [-0.3, -0.25) is 4.79 Å². The van der Waals surface area contributed by atoms with Crippen molar-refractivity contribution in [1.82, 2.24) is 20.2 Å². The molecule has 3 atom stereocenters. The summed E-state index contributed by atoms with van der Waals surface area (Å²) >= 11 is 0. The quantitative estimate of drug-likeness (QED) is 0.594. The Morgan fingerprint density at radius 1 is 1.11 bits per heavy atom. The molecule has 2 aromatic rings. The van der Waals surface area contributed by atoms with E-state index in [4.69, 9.17) is 0 Å². The van der Waals surface area contributed by atoms with Crippen molar-refractivity contribution in [3.8, 4) is 0 Å². The molecule has 2 N–H and O–H groups in total. The molecule has 4 rings (SSSR count). The molecule has 1 saturated heterocycles. The van der Waals surface area contributed by atoms with Crippen LogP contribution in [0.15, 0.2) is 30.6 Å². The second kappa shape index (κ2) is 10.6. The molecule has 0 radical (unpaired) electrons. The summed E-state index contributed by atoms with van der Waals surface area (Å²) in [6.45, 7) is 10.9. The minimum atomic E-state index is -4.42. The lowest BCUT2D eigenvalue weighted by Gasteiger charge is -2.38. The Balaban J connectivity index is 1.48. The number of alkyl halides is 3. The minimum Gasteiger partial charge on any atom is -0.387 e. The van der Waals surface area contributed by atoms with Crippen LogP contribution in [0.25, 0.3) is 0 Å². The number of rotatable bonds is 6. The number of fused-ring (bicyclic) bond motifs is 1. The highest BCUT2D eigenvalue weighted by molar-refractivity contribution is 5.84. The average Bonchev–Trinajstić information content (AvgIpc) is 3.14. The number of nitrogens with one attached hydrogen (secondary N) is 1. The van der Waals surface area contributed by atoms with Crippen molar-refractivity contribution in [3.05, 3.63) is 53.0 Å². The van der Waals surface area contributed by atoms with Crippen LogP contribution in [0.5, 0.6) is 0 Å². The van der Waals surface area contributed by atoms with Crippen molar-refractivity contribution in [3.63, 3.8) is 0 Å². The van der Waals surface area contributed by atoms with Gasteiger partial charge in [-0.2, -0.15) is 13.2 Å². The predicted octanol–water partition coefficient (Wildman–Crippen LogP) is 4.25. The Bertz CT molecular complexity index is 1090. The minimum absolute atomic E-state index is 0.0770. The highest BCUT2D eigenvalue weighted by Gasteiger charge is 2.35. The van der Waals surface area contributed by atoms with E-state index in [1.54, 1.807) is 4.90 Å². The van der Waals surface area contributed by atoms with Crippen LogP contribution in [0, 0.1) is 0 Å². The Hall–Kier alpha value is -2.72. The Morgan fingerprint density at radius 2 is 1.76 bits per heavy atom. The molecule has 0 saturated carbocycles. The molecule has 1 fully saturated rings. The van der Waals surface area contributed by atoms with E-state index in [9.17, 15) is 23.1 Å². The molecule has 202 valence electrons. The summed E-state index contributed by atoms with van der Waals surface area (Å²) in [7, 11) is 0. The molecule has 37 heavy (non-hydrogen) atoms. The van der Waals surface area contributed by atoms with Gasteiger partial charge in [-0.15, -0.1) is 0 Å². The van der Waals surface area contributed by atoms with Gasteiger partial charge in [0.15, 0.2) is 0 Å². The molecule has 0 spiro atoms.